The molecular weight excluding hydrogens is 293 g/mol. The van der Waals surface area contributed by atoms with Crippen LogP contribution in [-0.4, -0.2) is 23.6 Å². The van der Waals surface area contributed by atoms with Crippen LogP contribution in [0.3, 0.4) is 0 Å². The van der Waals surface area contributed by atoms with E-state index in [2.05, 4.69) is 6.92 Å². The number of rotatable bonds is 5. The van der Waals surface area contributed by atoms with Crippen molar-refractivity contribution in [2.45, 2.75) is 38.7 Å². The largest absolute Gasteiger partial charge is 0.417 e. The first-order valence-electron chi connectivity index (χ1n) is 7.23. The molecule has 1 aliphatic carbocycles. The highest BCUT2D eigenvalue weighted by Gasteiger charge is 2.24. The molecule has 0 saturated heterocycles. The van der Waals surface area contributed by atoms with E-state index in [1.165, 1.54) is 0 Å². The Morgan fingerprint density at radius 1 is 1.41 bits per heavy atom. The molecule has 6 nitrogen and oxygen atoms in total. The SMILES string of the molecule is CC1CCCCC1OCC(=O)Oc1cc(F)ccc1[N+](=O)[O-]. The van der Waals surface area contributed by atoms with Crippen molar-refractivity contribution in [2.75, 3.05) is 6.61 Å². The molecule has 0 amide bonds. The minimum atomic E-state index is -0.772. The van der Waals surface area contributed by atoms with Crippen molar-refractivity contribution >= 4 is 11.7 Å². The molecular formula is C15H18FNO5. The van der Waals surface area contributed by atoms with Gasteiger partial charge in [0, 0.05) is 12.1 Å². The van der Waals surface area contributed by atoms with E-state index in [-0.39, 0.29) is 12.7 Å². The fourth-order valence-corrected chi connectivity index (χ4v) is 2.58. The van der Waals surface area contributed by atoms with Gasteiger partial charge >= 0.3 is 11.7 Å². The number of halogens is 1. The number of carbonyl (C=O) groups excluding carboxylic acids is 1. The van der Waals surface area contributed by atoms with Gasteiger partial charge in [-0.2, -0.15) is 0 Å². The third kappa shape index (κ3) is 4.24. The van der Waals surface area contributed by atoms with E-state index in [0.29, 0.717) is 5.92 Å². The summed E-state index contributed by atoms with van der Waals surface area (Å²) in [4.78, 5) is 21.8. The lowest BCUT2D eigenvalue weighted by Crippen LogP contribution is -2.29. The molecule has 120 valence electrons. The van der Waals surface area contributed by atoms with Gasteiger partial charge < -0.3 is 9.47 Å². The molecule has 0 N–H and O–H groups in total. The third-order valence-corrected chi connectivity index (χ3v) is 3.79. The minimum Gasteiger partial charge on any atom is -0.417 e. The van der Waals surface area contributed by atoms with E-state index in [9.17, 15) is 19.3 Å². The monoisotopic (exact) mass is 311 g/mol. The van der Waals surface area contributed by atoms with Crippen LogP contribution in [-0.2, 0) is 9.53 Å². The van der Waals surface area contributed by atoms with Crippen LogP contribution in [0.1, 0.15) is 32.6 Å². The van der Waals surface area contributed by atoms with Gasteiger partial charge in [0.05, 0.1) is 11.0 Å². The van der Waals surface area contributed by atoms with Crippen LogP contribution in [0.4, 0.5) is 10.1 Å². The van der Waals surface area contributed by atoms with E-state index in [0.717, 1.165) is 43.9 Å². The number of hydrogen-bond donors (Lipinski definition) is 0. The highest BCUT2D eigenvalue weighted by molar-refractivity contribution is 5.75. The number of hydrogen-bond acceptors (Lipinski definition) is 5. The van der Waals surface area contributed by atoms with Gasteiger partial charge in [-0.05, 0) is 24.8 Å². The molecule has 1 saturated carbocycles. The second-order valence-electron chi connectivity index (χ2n) is 5.45. The van der Waals surface area contributed by atoms with Gasteiger partial charge in [-0.3, -0.25) is 10.1 Å². The number of esters is 1. The van der Waals surface area contributed by atoms with Crippen molar-refractivity contribution in [3.63, 3.8) is 0 Å². The molecule has 1 aromatic rings. The molecule has 1 aliphatic rings. The topological polar surface area (TPSA) is 78.7 Å². The van der Waals surface area contributed by atoms with Gasteiger partial charge in [-0.25, -0.2) is 9.18 Å². The van der Waals surface area contributed by atoms with E-state index >= 15 is 0 Å². The van der Waals surface area contributed by atoms with Crippen molar-refractivity contribution in [3.8, 4) is 5.75 Å². The lowest BCUT2D eigenvalue weighted by molar-refractivity contribution is -0.385. The maximum Gasteiger partial charge on any atom is 0.337 e. The number of benzene rings is 1. The molecule has 7 heteroatoms. The highest BCUT2D eigenvalue weighted by Crippen LogP contribution is 2.28. The van der Waals surface area contributed by atoms with Crippen LogP contribution in [0, 0.1) is 21.8 Å². The molecule has 0 radical (unpaired) electrons. The first-order chi connectivity index (χ1) is 10.5. The second kappa shape index (κ2) is 7.31. The number of ether oxygens (including phenoxy) is 2. The Morgan fingerprint density at radius 2 is 2.14 bits per heavy atom. The minimum absolute atomic E-state index is 0.0104. The van der Waals surface area contributed by atoms with Gasteiger partial charge in [0.2, 0.25) is 5.75 Å². The van der Waals surface area contributed by atoms with E-state index in [4.69, 9.17) is 9.47 Å². The van der Waals surface area contributed by atoms with Crippen LogP contribution in [0.15, 0.2) is 18.2 Å². The summed E-state index contributed by atoms with van der Waals surface area (Å²) in [5.41, 5.74) is -0.458. The first-order valence-corrected chi connectivity index (χ1v) is 7.23. The van der Waals surface area contributed by atoms with Crippen molar-refractivity contribution in [1.82, 2.24) is 0 Å². The maximum absolute atomic E-state index is 13.1. The van der Waals surface area contributed by atoms with Crippen LogP contribution in [0.2, 0.25) is 0 Å². The lowest BCUT2D eigenvalue weighted by atomic mass is 9.88. The zero-order valence-electron chi connectivity index (χ0n) is 12.3. The summed E-state index contributed by atoms with van der Waals surface area (Å²) in [5, 5.41) is 10.8. The van der Waals surface area contributed by atoms with E-state index in [1.54, 1.807) is 0 Å². The van der Waals surface area contributed by atoms with Crippen LogP contribution < -0.4 is 4.74 Å². The number of nitro benzene ring substituents is 1. The Morgan fingerprint density at radius 3 is 2.82 bits per heavy atom. The van der Waals surface area contributed by atoms with E-state index in [1.807, 2.05) is 0 Å². The molecule has 0 aromatic heterocycles. The molecule has 0 aliphatic heterocycles. The summed E-state index contributed by atoms with van der Waals surface area (Å²) in [6.07, 6.45) is 4.13. The van der Waals surface area contributed by atoms with Crippen molar-refractivity contribution in [1.29, 1.82) is 0 Å². The summed E-state index contributed by atoms with van der Waals surface area (Å²) >= 11 is 0. The molecule has 1 aromatic carbocycles. The molecule has 1 fully saturated rings. The van der Waals surface area contributed by atoms with Crippen LogP contribution >= 0.6 is 0 Å². The Labute approximate surface area is 127 Å². The van der Waals surface area contributed by atoms with Crippen molar-refractivity contribution < 1.29 is 23.6 Å². The zero-order valence-corrected chi connectivity index (χ0v) is 12.3. The average Bonchev–Trinajstić information content (AvgIpc) is 2.46. The highest BCUT2D eigenvalue weighted by atomic mass is 19.1. The van der Waals surface area contributed by atoms with Gasteiger partial charge in [0.1, 0.15) is 12.4 Å². The van der Waals surface area contributed by atoms with Crippen molar-refractivity contribution in [2.24, 2.45) is 5.92 Å². The van der Waals surface area contributed by atoms with Gasteiger partial charge in [0.15, 0.2) is 0 Å². The van der Waals surface area contributed by atoms with Gasteiger partial charge in [-0.1, -0.05) is 19.8 Å². The number of nitrogens with zero attached hydrogens (tertiary/aromatic N) is 1. The molecule has 2 rings (SSSR count). The average molecular weight is 311 g/mol. The Balaban J connectivity index is 1.94. The predicted octanol–water partition coefficient (Wildman–Crippen LogP) is 3.23. The summed E-state index contributed by atoms with van der Waals surface area (Å²) in [7, 11) is 0. The van der Waals surface area contributed by atoms with Crippen LogP contribution in [0.25, 0.3) is 0 Å². The van der Waals surface area contributed by atoms with E-state index < -0.39 is 28.1 Å². The third-order valence-electron chi connectivity index (χ3n) is 3.79. The standard InChI is InChI=1S/C15H18FNO5/c1-10-4-2-3-5-13(10)21-9-15(18)22-14-8-11(16)6-7-12(14)17(19)20/h6-8,10,13H,2-5,9H2,1H3. The summed E-state index contributed by atoms with van der Waals surface area (Å²) in [6, 6.07) is 2.72. The summed E-state index contributed by atoms with van der Waals surface area (Å²) < 4.78 is 23.5. The predicted molar refractivity (Wildman–Crippen MR) is 76.1 cm³/mol. The van der Waals surface area contributed by atoms with Crippen molar-refractivity contribution in [3.05, 3.63) is 34.1 Å². The maximum atomic E-state index is 13.1. The smallest absolute Gasteiger partial charge is 0.337 e. The molecule has 0 spiro atoms. The Kier molecular flexibility index (Phi) is 5.43. The molecule has 2 unspecified atom stereocenters. The summed E-state index contributed by atoms with van der Waals surface area (Å²) in [5.74, 6) is -1.53. The molecule has 0 heterocycles. The fourth-order valence-electron chi connectivity index (χ4n) is 2.58. The second-order valence-corrected chi connectivity index (χ2v) is 5.45. The molecule has 22 heavy (non-hydrogen) atoms. The Bertz CT molecular complexity index is 563. The molecule has 0 bridgehead atoms. The number of carbonyl (C=O) groups is 1. The fraction of sp³-hybridized carbons (Fsp3) is 0.533. The first kappa shape index (κ1) is 16.4. The quantitative estimate of drug-likeness (QED) is 0.361. The number of nitro groups is 1. The van der Waals surface area contributed by atoms with Crippen LogP contribution in [0.5, 0.6) is 5.75 Å². The lowest BCUT2D eigenvalue weighted by Gasteiger charge is -2.28. The van der Waals surface area contributed by atoms with Gasteiger partial charge in [-0.15, -0.1) is 0 Å². The van der Waals surface area contributed by atoms with Gasteiger partial charge in [0.25, 0.3) is 0 Å². The zero-order chi connectivity index (χ0) is 16.1. The Hall–Kier alpha value is -2.02. The summed E-state index contributed by atoms with van der Waals surface area (Å²) in [6.45, 7) is 1.76. The normalized spacial score (nSPS) is 21.4. The molecule has 2 atom stereocenters.